The Balaban J connectivity index is 1.72. The van der Waals surface area contributed by atoms with Gasteiger partial charge in [0.2, 0.25) is 0 Å². The van der Waals surface area contributed by atoms with Gasteiger partial charge in [0.05, 0.1) is 29.8 Å². The van der Waals surface area contributed by atoms with Crippen LogP contribution in [-0.2, 0) is 11.3 Å². The number of hydrogen-bond acceptors (Lipinski definition) is 4. The lowest BCUT2D eigenvalue weighted by atomic mass is 9.88. The van der Waals surface area contributed by atoms with Crippen molar-refractivity contribution in [1.29, 1.82) is 0 Å². The van der Waals surface area contributed by atoms with E-state index >= 15 is 0 Å². The van der Waals surface area contributed by atoms with Crippen molar-refractivity contribution >= 4 is 34.7 Å². The fourth-order valence-corrected chi connectivity index (χ4v) is 4.49. The van der Waals surface area contributed by atoms with E-state index in [0.29, 0.717) is 35.1 Å². The number of benzene rings is 2. The molecule has 5 nitrogen and oxygen atoms in total. The van der Waals surface area contributed by atoms with Gasteiger partial charge in [-0.15, -0.1) is 0 Å². The second kappa shape index (κ2) is 9.61. The number of amides is 1. The average molecular weight is 461 g/mol. The summed E-state index contributed by atoms with van der Waals surface area (Å²) < 4.78 is 5.27. The Morgan fingerprint density at radius 1 is 1.19 bits per heavy atom. The van der Waals surface area contributed by atoms with Gasteiger partial charge in [0, 0.05) is 18.2 Å². The molecule has 1 atom stereocenters. The van der Waals surface area contributed by atoms with Crippen LogP contribution >= 0.6 is 23.2 Å². The van der Waals surface area contributed by atoms with Crippen LogP contribution in [0.3, 0.4) is 0 Å². The Morgan fingerprint density at radius 2 is 1.94 bits per heavy atom. The molecule has 1 fully saturated rings. The summed E-state index contributed by atoms with van der Waals surface area (Å²) in [6.07, 6.45) is 2.64. The predicted molar refractivity (Wildman–Crippen MR) is 123 cm³/mol. The van der Waals surface area contributed by atoms with E-state index in [1.54, 1.807) is 13.2 Å². The third-order valence-corrected chi connectivity index (χ3v) is 6.77. The normalized spacial score (nSPS) is 18.8. The first kappa shape index (κ1) is 22.2. The van der Waals surface area contributed by atoms with Crippen LogP contribution in [0.15, 0.2) is 48.0 Å². The second-order valence-electron chi connectivity index (χ2n) is 7.94. The molecule has 2 N–H and O–H groups in total. The number of hydrogen-bond donors (Lipinski definition) is 2. The van der Waals surface area contributed by atoms with Crippen molar-refractivity contribution in [3.63, 3.8) is 0 Å². The third-order valence-electron chi connectivity index (χ3n) is 5.91. The topological polar surface area (TPSA) is 61.8 Å². The highest BCUT2D eigenvalue weighted by Gasteiger charge is 2.38. The van der Waals surface area contributed by atoms with Crippen molar-refractivity contribution < 1.29 is 14.6 Å². The van der Waals surface area contributed by atoms with E-state index in [1.807, 2.05) is 41.3 Å². The highest BCUT2D eigenvalue weighted by molar-refractivity contribution is 6.42. The van der Waals surface area contributed by atoms with Crippen LogP contribution in [0.2, 0.25) is 10.0 Å². The summed E-state index contributed by atoms with van der Waals surface area (Å²) in [5, 5.41) is 14.3. The van der Waals surface area contributed by atoms with Crippen LogP contribution in [0, 0.1) is 0 Å². The number of nitrogens with zero attached hydrogens (tertiary/aromatic N) is 1. The number of aliphatic hydroxyl groups excluding tert-OH is 1. The minimum atomic E-state index is -0.408. The summed E-state index contributed by atoms with van der Waals surface area (Å²) in [7, 11) is 1.63. The molecule has 1 amide bonds. The summed E-state index contributed by atoms with van der Waals surface area (Å²) in [5.74, 6) is 0.704. The van der Waals surface area contributed by atoms with Crippen LogP contribution in [0.4, 0.5) is 0 Å². The zero-order valence-electron chi connectivity index (χ0n) is 17.4. The Kier molecular flexibility index (Phi) is 6.87. The van der Waals surface area contributed by atoms with Gasteiger partial charge in [-0.25, -0.2) is 0 Å². The molecule has 0 aromatic heterocycles. The van der Waals surface area contributed by atoms with Crippen molar-refractivity contribution in [2.24, 2.45) is 0 Å². The third kappa shape index (κ3) is 4.75. The molecule has 1 heterocycles. The van der Waals surface area contributed by atoms with Gasteiger partial charge in [0.15, 0.2) is 0 Å². The molecule has 31 heavy (non-hydrogen) atoms. The fourth-order valence-electron chi connectivity index (χ4n) is 4.11. The lowest BCUT2D eigenvalue weighted by Crippen LogP contribution is -2.46. The van der Waals surface area contributed by atoms with Gasteiger partial charge in [-0.1, -0.05) is 47.5 Å². The summed E-state index contributed by atoms with van der Waals surface area (Å²) in [4.78, 5) is 15.8. The van der Waals surface area contributed by atoms with Crippen LogP contribution in [0.5, 0.6) is 5.75 Å². The molecule has 7 heteroatoms. The van der Waals surface area contributed by atoms with Crippen molar-refractivity contribution in [1.82, 2.24) is 10.2 Å². The summed E-state index contributed by atoms with van der Waals surface area (Å²) in [5.41, 5.74) is 3.39. The Hall–Kier alpha value is -2.05. The van der Waals surface area contributed by atoms with Gasteiger partial charge in [-0.3, -0.25) is 4.79 Å². The second-order valence-corrected chi connectivity index (χ2v) is 8.72. The van der Waals surface area contributed by atoms with E-state index in [-0.39, 0.29) is 18.6 Å². The summed E-state index contributed by atoms with van der Waals surface area (Å²) in [6, 6.07) is 13.0. The summed E-state index contributed by atoms with van der Waals surface area (Å²) >= 11 is 12.6. The number of aliphatic hydroxyl groups is 1. The van der Waals surface area contributed by atoms with Gasteiger partial charge in [0.1, 0.15) is 5.75 Å². The van der Waals surface area contributed by atoms with Crippen molar-refractivity contribution in [3.05, 3.63) is 69.2 Å². The number of rotatable bonds is 7. The summed E-state index contributed by atoms with van der Waals surface area (Å²) in [6.45, 7) is 0.949. The van der Waals surface area contributed by atoms with Gasteiger partial charge < -0.3 is 20.1 Å². The zero-order valence-corrected chi connectivity index (χ0v) is 18.9. The molecular weight excluding hydrogens is 435 g/mol. The van der Waals surface area contributed by atoms with Crippen molar-refractivity contribution in [3.8, 4) is 5.75 Å². The minimum Gasteiger partial charge on any atom is -0.497 e. The van der Waals surface area contributed by atoms with Gasteiger partial charge in [-0.2, -0.15) is 0 Å². The molecule has 0 unspecified atom stereocenters. The molecule has 0 saturated heterocycles. The highest BCUT2D eigenvalue weighted by Crippen LogP contribution is 2.36. The maximum absolute atomic E-state index is 13.9. The lowest BCUT2D eigenvalue weighted by molar-refractivity contribution is -0.128. The molecule has 4 rings (SSSR count). The van der Waals surface area contributed by atoms with Crippen LogP contribution in [-0.4, -0.2) is 48.3 Å². The first-order valence-electron chi connectivity index (χ1n) is 10.5. The van der Waals surface area contributed by atoms with Crippen LogP contribution < -0.4 is 10.1 Å². The molecule has 0 bridgehead atoms. The largest absolute Gasteiger partial charge is 0.497 e. The SMILES string of the molecule is COc1ccc(C2=C(C(=O)N(Cc3cccc(Cl)c3Cl)C3CC3)[C@@H](CO)NCC2)cc1. The maximum Gasteiger partial charge on any atom is 0.252 e. The minimum absolute atomic E-state index is 0.0596. The van der Waals surface area contributed by atoms with Crippen LogP contribution in [0.1, 0.15) is 30.4 Å². The van der Waals surface area contributed by atoms with E-state index in [0.717, 1.165) is 35.3 Å². The molecule has 2 aromatic carbocycles. The molecule has 1 aliphatic carbocycles. The highest BCUT2D eigenvalue weighted by atomic mass is 35.5. The van der Waals surface area contributed by atoms with E-state index in [9.17, 15) is 9.90 Å². The number of ether oxygens (including phenoxy) is 1. The van der Waals surface area contributed by atoms with Gasteiger partial charge >= 0.3 is 0 Å². The monoisotopic (exact) mass is 460 g/mol. The predicted octanol–water partition coefficient (Wildman–Crippen LogP) is 4.30. The Bertz CT molecular complexity index is 987. The van der Waals surface area contributed by atoms with E-state index in [4.69, 9.17) is 27.9 Å². The van der Waals surface area contributed by atoms with E-state index in [2.05, 4.69) is 5.32 Å². The Labute approximate surface area is 192 Å². The quantitative estimate of drug-likeness (QED) is 0.646. The molecule has 164 valence electrons. The smallest absolute Gasteiger partial charge is 0.252 e. The van der Waals surface area contributed by atoms with Crippen molar-refractivity contribution in [2.75, 3.05) is 20.3 Å². The number of carbonyl (C=O) groups is 1. The first-order chi connectivity index (χ1) is 15.0. The molecule has 2 aliphatic rings. The lowest BCUT2D eigenvalue weighted by Gasteiger charge is -2.33. The number of carbonyl (C=O) groups excluding carboxylic acids is 1. The Morgan fingerprint density at radius 3 is 2.58 bits per heavy atom. The number of methoxy groups -OCH3 is 1. The van der Waals surface area contributed by atoms with E-state index in [1.165, 1.54) is 0 Å². The molecule has 1 aliphatic heterocycles. The first-order valence-corrected chi connectivity index (χ1v) is 11.2. The van der Waals surface area contributed by atoms with Gasteiger partial charge in [-0.05, 0) is 60.7 Å². The molecule has 2 aromatic rings. The molecular formula is C24H26Cl2N2O3. The molecule has 0 radical (unpaired) electrons. The molecule has 0 spiro atoms. The number of halogens is 2. The van der Waals surface area contributed by atoms with Crippen LogP contribution in [0.25, 0.3) is 5.57 Å². The zero-order chi connectivity index (χ0) is 22.0. The average Bonchev–Trinajstić information content (AvgIpc) is 3.64. The standard InChI is InChI=1S/C24H26Cl2N2O3/c1-31-18-9-5-15(6-10-18)19-11-12-27-21(14-29)22(19)24(30)28(17-7-8-17)13-16-3-2-4-20(25)23(16)26/h2-6,9-10,17,21,27,29H,7-8,11-14H2,1H3/t21-/m1/s1. The molecule has 1 saturated carbocycles. The van der Waals surface area contributed by atoms with Crippen molar-refractivity contribution in [2.45, 2.75) is 37.9 Å². The fraction of sp³-hybridized carbons (Fsp3) is 0.375. The maximum atomic E-state index is 13.9. The van der Waals surface area contributed by atoms with E-state index < -0.39 is 6.04 Å². The number of nitrogens with one attached hydrogen (secondary N) is 1. The van der Waals surface area contributed by atoms with Gasteiger partial charge in [0.25, 0.3) is 5.91 Å².